The first-order valence-corrected chi connectivity index (χ1v) is 9.94. The van der Waals surface area contributed by atoms with Crippen LogP contribution < -0.4 is 0 Å². The summed E-state index contributed by atoms with van der Waals surface area (Å²) in [4.78, 5) is 4.60. The van der Waals surface area contributed by atoms with E-state index in [1.807, 2.05) is 41.2 Å². The quantitative estimate of drug-likeness (QED) is 0.532. The van der Waals surface area contributed by atoms with Gasteiger partial charge in [0.25, 0.3) is 0 Å². The first-order valence-electron chi connectivity index (χ1n) is 8.46. The molecule has 2 heterocycles. The summed E-state index contributed by atoms with van der Waals surface area (Å²) in [7, 11) is -3.49. The zero-order valence-electron chi connectivity index (χ0n) is 14.4. The summed E-state index contributed by atoms with van der Waals surface area (Å²) in [5.74, 6) is 0. The zero-order valence-corrected chi connectivity index (χ0v) is 15.3. The van der Waals surface area contributed by atoms with E-state index in [-0.39, 0.29) is 4.90 Å². The Balaban J connectivity index is 1.53. The third-order valence-corrected chi connectivity index (χ3v) is 6.03. The molecule has 2 aromatic heterocycles. The molecule has 0 spiro atoms. The van der Waals surface area contributed by atoms with Crippen molar-refractivity contribution in [2.45, 2.75) is 16.3 Å². The molecule has 0 atom stereocenters. The highest BCUT2D eigenvalue weighted by atomic mass is 32.2. The van der Waals surface area contributed by atoms with Crippen LogP contribution in [0.2, 0.25) is 0 Å². The van der Waals surface area contributed by atoms with Gasteiger partial charge < -0.3 is 0 Å². The summed E-state index contributed by atoms with van der Waals surface area (Å²) >= 11 is 0. The lowest BCUT2D eigenvalue weighted by atomic mass is 10.2. The number of aromatic nitrogens is 3. The molecule has 0 aliphatic rings. The molecule has 5 nitrogen and oxygen atoms in total. The fraction of sp³-hybridized carbons (Fsp3) is 0.0476. The minimum atomic E-state index is -3.49. The monoisotopic (exact) mass is 375 g/mol. The van der Waals surface area contributed by atoms with E-state index in [9.17, 15) is 8.42 Å². The van der Waals surface area contributed by atoms with Crippen LogP contribution in [0.15, 0.2) is 101 Å². The molecule has 0 N–H and O–H groups in total. The molecule has 0 saturated carbocycles. The van der Waals surface area contributed by atoms with Crippen LogP contribution in [0.25, 0.3) is 11.3 Å². The molecule has 4 aromatic rings. The molecular weight excluding hydrogens is 358 g/mol. The maximum Gasteiger partial charge on any atom is 0.206 e. The van der Waals surface area contributed by atoms with Crippen molar-refractivity contribution in [1.29, 1.82) is 0 Å². The number of rotatable bonds is 5. The maximum absolute atomic E-state index is 12.6. The Hall–Kier alpha value is -3.25. The Morgan fingerprint density at radius 3 is 2.15 bits per heavy atom. The predicted molar refractivity (Wildman–Crippen MR) is 103 cm³/mol. The van der Waals surface area contributed by atoms with Gasteiger partial charge in [-0.3, -0.25) is 9.67 Å². The van der Waals surface area contributed by atoms with Crippen molar-refractivity contribution < 1.29 is 8.42 Å². The van der Waals surface area contributed by atoms with Gasteiger partial charge >= 0.3 is 0 Å². The molecule has 2 aromatic carbocycles. The summed E-state index contributed by atoms with van der Waals surface area (Å²) in [6.45, 7) is 0.566. The van der Waals surface area contributed by atoms with Gasteiger partial charge in [-0.05, 0) is 48.0 Å². The highest BCUT2D eigenvalue weighted by Gasteiger charge is 2.16. The van der Waals surface area contributed by atoms with Crippen LogP contribution in [-0.4, -0.2) is 23.2 Å². The third kappa shape index (κ3) is 3.66. The number of benzene rings is 2. The van der Waals surface area contributed by atoms with Gasteiger partial charge in [-0.1, -0.05) is 30.3 Å². The number of nitrogens with zero attached hydrogens (tertiary/aromatic N) is 3. The summed E-state index contributed by atoms with van der Waals surface area (Å²) < 4.78 is 27.1. The molecule has 6 heteroatoms. The predicted octanol–water partition coefficient (Wildman–Crippen LogP) is 3.83. The highest BCUT2D eigenvalue weighted by molar-refractivity contribution is 7.91. The van der Waals surface area contributed by atoms with Crippen LogP contribution in [-0.2, 0) is 16.4 Å². The van der Waals surface area contributed by atoms with Gasteiger partial charge in [0.15, 0.2) is 0 Å². The van der Waals surface area contributed by atoms with Crippen LogP contribution in [0.5, 0.6) is 0 Å². The molecule has 27 heavy (non-hydrogen) atoms. The first-order chi connectivity index (χ1) is 13.1. The van der Waals surface area contributed by atoms with Gasteiger partial charge in [0.2, 0.25) is 9.84 Å². The maximum atomic E-state index is 12.6. The zero-order chi connectivity index (χ0) is 18.7. The molecule has 0 aliphatic heterocycles. The van der Waals surface area contributed by atoms with Crippen LogP contribution in [0.1, 0.15) is 5.56 Å². The molecule has 0 saturated heterocycles. The van der Waals surface area contributed by atoms with E-state index in [4.69, 9.17) is 0 Å². The fourth-order valence-corrected chi connectivity index (χ4v) is 4.11. The standard InChI is InChI=1S/C21H17N3O2S/c25-27(26,19-4-2-1-3-5-19)20-8-6-17(7-9-20)16-24-15-12-21(23-24)18-10-13-22-14-11-18/h1-15H,16H2. The van der Waals surface area contributed by atoms with E-state index >= 15 is 0 Å². The van der Waals surface area contributed by atoms with Crippen molar-refractivity contribution in [2.24, 2.45) is 0 Å². The van der Waals surface area contributed by atoms with Gasteiger partial charge in [-0.15, -0.1) is 0 Å². The van der Waals surface area contributed by atoms with E-state index in [2.05, 4.69) is 10.1 Å². The normalized spacial score (nSPS) is 11.4. The summed E-state index contributed by atoms with van der Waals surface area (Å²) in [6.07, 6.45) is 5.38. The second kappa shape index (κ2) is 7.17. The molecule has 0 aliphatic carbocycles. The molecule has 134 valence electrons. The van der Waals surface area contributed by atoms with Gasteiger partial charge in [0.05, 0.1) is 22.0 Å². The van der Waals surface area contributed by atoms with Crippen molar-refractivity contribution in [3.8, 4) is 11.3 Å². The largest absolute Gasteiger partial charge is 0.268 e. The Morgan fingerprint density at radius 1 is 0.778 bits per heavy atom. The Morgan fingerprint density at radius 2 is 1.44 bits per heavy atom. The molecule has 0 unspecified atom stereocenters. The lowest BCUT2D eigenvalue weighted by Crippen LogP contribution is -2.03. The number of hydrogen-bond acceptors (Lipinski definition) is 4. The third-order valence-electron chi connectivity index (χ3n) is 4.25. The lowest BCUT2D eigenvalue weighted by molar-refractivity contribution is 0.596. The number of pyridine rings is 1. The van der Waals surface area contributed by atoms with E-state index in [0.29, 0.717) is 11.4 Å². The topological polar surface area (TPSA) is 64.8 Å². The van der Waals surface area contributed by atoms with Crippen molar-refractivity contribution in [2.75, 3.05) is 0 Å². The molecule has 0 fully saturated rings. The van der Waals surface area contributed by atoms with E-state index in [0.717, 1.165) is 16.8 Å². The van der Waals surface area contributed by atoms with Crippen LogP contribution in [0, 0.1) is 0 Å². The minimum absolute atomic E-state index is 0.287. The van der Waals surface area contributed by atoms with E-state index in [1.54, 1.807) is 54.9 Å². The number of hydrogen-bond donors (Lipinski definition) is 0. The Bertz CT molecular complexity index is 1140. The van der Waals surface area contributed by atoms with Gasteiger partial charge in [0, 0.05) is 24.2 Å². The summed E-state index contributed by atoms with van der Waals surface area (Å²) in [6, 6.07) is 21.2. The minimum Gasteiger partial charge on any atom is -0.268 e. The SMILES string of the molecule is O=S(=O)(c1ccccc1)c1ccc(Cn2ccc(-c3ccncc3)n2)cc1. The van der Waals surface area contributed by atoms with E-state index in [1.165, 1.54) is 0 Å². The smallest absolute Gasteiger partial charge is 0.206 e. The van der Waals surface area contributed by atoms with Crippen LogP contribution in [0.4, 0.5) is 0 Å². The second-order valence-corrected chi connectivity index (χ2v) is 8.04. The van der Waals surface area contributed by atoms with Crippen molar-refractivity contribution >= 4 is 9.84 Å². The Kier molecular flexibility index (Phi) is 4.56. The second-order valence-electron chi connectivity index (χ2n) is 6.09. The molecule has 0 amide bonds. The Labute approximate surface area is 157 Å². The van der Waals surface area contributed by atoms with Crippen molar-refractivity contribution in [1.82, 2.24) is 14.8 Å². The molecular formula is C21H17N3O2S. The average Bonchev–Trinajstić information content (AvgIpc) is 3.18. The molecule has 0 bridgehead atoms. The van der Waals surface area contributed by atoms with Gasteiger partial charge in [-0.2, -0.15) is 5.10 Å². The molecule has 0 radical (unpaired) electrons. The fourth-order valence-electron chi connectivity index (χ4n) is 2.82. The van der Waals surface area contributed by atoms with Crippen molar-refractivity contribution in [3.05, 3.63) is 97.0 Å². The van der Waals surface area contributed by atoms with Crippen LogP contribution >= 0.6 is 0 Å². The van der Waals surface area contributed by atoms with Gasteiger partial charge in [-0.25, -0.2) is 8.42 Å². The first kappa shape index (κ1) is 17.2. The summed E-state index contributed by atoms with van der Waals surface area (Å²) in [5.41, 5.74) is 2.86. The molecule has 4 rings (SSSR count). The highest BCUT2D eigenvalue weighted by Crippen LogP contribution is 2.21. The van der Waals surface area contributed by atoms with Crippen LogP contribution in [0.3, 0.4) is 0 Å². The van der Waals surface area contributed by atoms with Gasteiger partial charge in [0.1, 0.15) is 0 Å². The summed E-state index contributed by atoms with van der Waals surface area (Å²) in [5, 5.41) is 4.57. The average molecular weight is 375 g/mol. The van der Waals surface area contributed by atoms with Crippen molar-refractivity contribution in [3.63, 3.8) is 0 Å². The van der Waals surface area contributed by atoms with E-state index < -0.39 is 9.84 Å². The lowest BCUT2D eigenvalue weighted by Gasteiger charge is -2.06. The number of sulfone groups is 1.